The van der Waals surface area contributed by atoms with Crippen molar-refractivity contribution >= 4 is 5.91 Å². The molecule has 1 aliphatic carbocycles. The number of rotatable bonds is 6. The first kappa shape index (κ1) is 19.8. The second-order valence-electron chi connectivity index (χ2n) is 7.37. The first-order valence-corrected chi connectivity index (χ1v) is 10.1. The predicted molar refractivity (Wildman–Crippen MR) is 112 cm³/mol. The van der Waals surface area contributed by atoms with E-state index in [2.05, 4.69) is 15.5 Å². The van der Waals surface area contributed by atoms with E-state index >= 15 is 0 Å². The molecule has 2 aromatic heterocycles. The van der Waals surface area contributed by atoms with E-state index in [1.54, 1.807) is 19.1 Å². The fraction of sp³-hybridized carbons (Fsp3) is 0.318. The summed E-state index contributed by atoms with van der Waals surface area (Å²) in [6.45, 7) is 2.14. The van der Waals surface area contributed by atoms with Gasteiger partial charge in [0.15, 0.2) is 0 Å². The Morgan fingerprint density at radius 2 is 1.87 bits per heavy atom. The molecule has 0 saturated heterocycles. The molecule has 154 valence electrons. The minimum absolute atomic E-state index is 0.161. The van der Waals surface area contributed by atoms with E-state index in [1.165, 1.54) is 15.4 Å². The van der Waals surface area contributed by atoms with E-state index in [0.29, 0.717) is 5.69 Å². The highest BCUT2D eigenvalue weighted by atomic mass is 16.2. The maximum absolute atomic E-state index is 12.6. The Hall–Kier alpha value is -3.55. The fourth-order valence-electron chi connectivity index (χ4n) is 3.61. The van der Waals surface area contributed by atoms with Crippen molar-refractivity contribution in [2.75, 3.05) is 6.54 Å². The van der Waals surface area contributed by atoms with Crippen LogP contribution in [-0.2, 0) is 24.2 Å². The normalized spacial score (nSPS) is 13.6. The highest BCUT2D eigenvalue weighted by Crippen LogP contribution is 2.17. The number of nitrogens with one attached hydrogen (secondary N) is 1. The highest BCUT2D eigenvalue weighted by molar-refractivity contribution is 5.79. The van der Waals surface area contributed by atoms with Crippen LogP contribution >= 0.6 is 0 Å². The molecule has 1 aromatic carbocycles. The summed E-state index contributed by atoms with van der Waals surface area (Å²) >= 11 is 0. The summed E-state index contributed by atoms with van der Waals surface area (Å²) in [5, 5.41) is 11.5. The standard InChI is InChI=1S/C22H23N5O3/c1-15(27-20(28)11-10-19(25-27)16-6-3-2-4-7-16)22(30)23-12-13-26-21(29)14-17-8-5-9-18(17)24-26/h2-4,6-7,10-11,14-15H,5,8-9,12-13H2,1H3,(H,23,30). The molecule has 1 N–H and O–H groups in total. The molecule has 0 radical (unpaired) electrons. The van der Waals surface area contributed by atoms with Gasteiger partial charge in [-0.05, 0) is 37.8 Å². The lowest BCUT2D eigenvalue weighted by molar-refractivity contribution is -0.124. The van der Waals surface area contributed by atoms with E-state index in [-0.39, 0.29) is 30.1 Å². The van der Waals surface area contributed by atoms with E-state index in [0.717, 1.165) is 36.1 Å². The van der Waals surface area contributed by atoms with Crippen LogP contribution in [0.1, 0.15) is 30.6 Å². The Labute approximate surface area is 173 Å². The van der Waals surface area contributed by atoms with Gasteiger partial charge in [0.05, 0.1) is 17.9 Å². The van der Waals surface area contributed by atoms with Crippen LogP contribution in [0.25, 0.3) is 11.3 Å². The van der Waals surface area contributed by atoms with Crippen molar-refractivity contribution in [1.29, 1.82) is 0 Å². The maximum Gasteiger partial charge on any atom is 0.267 e. The third-order valence-electron chi connectivity index (χ3n) is 5.29. The van der Waals surface area contributed by atoms with Crippen LogP contribution in [0.2, 0.25) is 0 Å². The molecular weight excluding hydrogens is 382 g/mol. The monoisotopic (exact) mass is 405 g/mol. The molecule has 8 nitrogen and oxygen atoms in total. The average Bonchev–Trinajstić information content (AvgIpc) is 3.21. The summed E-state index contributed by atoms with van der Waals surface area (Å²) in [7, 11) is 0. The summed E-state index contributed by atoms with van der Waals surface area (Å²) in [5.41, 5.74) is 2.95. The summed E-state index contributed by atoms with van der Waals surface area (Å²) in [4.78, 5) is 37.0. The molecule has 1 amide bonds. The Morgan fingerprint density at radius 1 is 1.07 bits per heavy atom. The maximum atomic E-state index is 12.6. The third kappa shape index (κ3) is 4.07. The van der Waals surface area contributed by atoms with Gasteiger partial charge in [0.2, 0.25) is 5.91 Å². The zero-order valence-electron chi connectivity index (χ0n) is 16.7. The molecule has 2 heterocycles. The summed E-state index contributed by atoms with van der Waals surface area (Å²) in [6, 6.07) is 13.4. The Morgan fingerprint density at radius 3 is 2.67 bits per heavy atom. The molecule has 1 atom stereocenters. The van der Waals surface area contributed by atoms with Crippen molar-refractivity contribution in [3.05, 3.63) is 80.5 Å². The summed E-state index contributed by atoms with van der Waals surface area (Å²) in [6.07, 6.45) is 2.80. The number of hydrogen-bond donors (Lipinski definition) is 1. The quantitative estimate of drug-likeness (QED) is 0.667. The average molecular weight is 405 g/mol. The lowest BCUT2D eigenvalue weighted by Crippen LogP contribution is -2.39. The van der Waals surface area contributed by atoms with Crippen molar-refractivity contribution < 1.29 is 4.79 Å². The SMILES string of the molecule is CC(C(=O)NCCn1nc2c(cc1=O)CCC2)n1nc(-c2ccccc2)ccc1=O. The summed E-state index contributed by atoms with van der Waals surface area (Å²) < 4.78 is 2.56. The number of aromatic nitrogens is 4. The lowest BCUT2D eigenvalue weighted by Gasteiger charge is -2.15. The van der Waals surface area contributed by atoms with Crippen LogP contribution in [0.15, 0.2) is 58.1 Å². The molecule has 0 bridgehead atoms. The number of carbonyl (C=O) groups excluding carboxylic acids is 1. The second-order valence-corrected chi connectivity index (χ2v) is 7.37. The lowest BCUT2D eigenvalue weighted by atomic mass is 10.1. The molecule has 0 saturated carbocycles. The van der Waals surface area contributed by atoms with Crippen LogP contribution in [0.4, 0.5) is 0 Å². The molecule has 8 heteroatoms. The predicted octanol–water partition coefficient (Wildman–Crippen LogP) is 1.33. The minimum atomic E-state index is -0.786. The molecule has 0 spiro atoms. The number of fused-ring (bicyclic) bond motifs is 1. The van der Waals surface area contributed by atoms with Crippen LogP contribution in [0.5, 0.6) is 0 Å². The van der Waals surface area contributed by atoms with E-state index < -0.39 is 6.04 Å². The van der Waals surface area contributed by atoms with Gasteiger partial charge in [0, 0.05) is 24.2 Å². The number of nitrogens with zero attached hydrogens (tertiary/aromatic N) is 4. The van der Waals surface area contributed by atoms with Gasteiger partial charge < -0.3 is 5.32 Å². The van der Waals surface area contributed by atoms with E-state index in [9.17, 15) is 14.4 Å². The minimum Gasteiger partial charge on any atom is -0.352 e. The Balaban J connectivity index is 1.43. The Kier molecular flexibility index (Phi) is 5.56. The summed E-state index contributed by atoms with van der Waals surface area (Å²) in [5.74, 6) is -0.343. The molecular formula is C22H23N5O3. The first-order valence-electron chi connectivity index (χ1n) is 10.1. The topological polar surface area (TPSA) is 98.9 Å². The number of amides is 1. The molecule has 4 rings (SSSR count). The van der Waals surface area contributed by atoms with E-state index in [1.807, 2.05) is 30.3 Å². The number of hydrogen-bond acceptors (Lipinski definition) is 5. The third-order valence-corrected chi connectivity index (χ3v) is 5.29. The number of benzene rings is 1. The molecule has 0 aliphatic heterocycles. The molecule has 3 aromatic rings. The van der Waals surface area contributed by atoms with Gasteiger partial charge in [0.1, 0.15) is 6.04 Å². The van der Waals surface area contributed by atoms with Crippen molar-refractivity contribution in [1.82, 2.24) is 24.9 Å². The second kappa shape index (κ2) is 8.44. The van der Waals surface area contributed by atoms with Crippen molar-refractivity contribution in [2.24, 2.45) is 0 Å². The molecule has 30 heavy (non-hydrogen) atoms. The zero-order valence-corrected chi connectivity index (χ0v) is 16.7. The molecule has 0 fully saturated rings. The van der Waals surface area contributed by atoms with Gasteiger partial charge in [-0.3, -0.25) is 14.4 Å². The van der Waals surface area contributed by atoms with Gasteiger partial charge in [-0.15, -0.1) is 0 Å². The smallest absolute Gasteiger partial charge is 0.267 e. The van der Waals surface area contributed by atoms with Gasteiger partial charge in [-0.25, -0.2) is 9.36 Å². The van der Waals surface area contributed by atoms with Crippen LogP contribution in [0.3, 0.4) is 0 Å². The Bertz CT molecular complexity index is 1180. The van der Waals surface area contributed by atoms with Crippen LogP contribution in [0, 0.1) is 0 Å². The first-order chi connectivity index (χ1) is 14.5. The van der Waals surface area contributed by atoms with Gasteiger partial charge in [-0.2, -0.15) is 10.2 Å². The van der Waals surface area contributed by atoms with Crippen molar-refractivity contribution in [3.8, 4) is 11.3 Å². The van der Waals surface area contributed by atoms with Gasteiger partial charge in [0.25, 0.3) is 11.1 Å². The zero-order chi connectivity index (χ0) is 21.1. The number of carbonyl (C=O) groups is 1. The number of aryl methyl sites for hydroxylation is 2. The molecule has 1 unspecified atom stereocenters. The van der Waals surface area contributed by atoms with Gasteiger partial charge >= 0.3 is 0 Å². The molecule has 1 aliphatic rings. The van der Waals surface area contributed by atoms with Crippen LogP contribution in [-0.4, -0.2) is 32.0 Å². The fourth-order valence-corrected chi connectivity index (χ4v) is 3.61. The van der Waals surface area contributed by atoms with Crippen LogP contribution < -0.4 is 16.4 Å². The van der Waals surface area contributed by atoms with Gasteiger partial charge in [-0.1, -0.05) is 30.3 Å². The largest absolute Gasteiger partial charge is 0.352 e. The van der Waals surface area contributed by atoms with E-state index in [4.69, 9.17) is 0 Å². The highest BCUT2D eigenvalue weighted by Gasteiger charge is 2.18. The van der Waals surface area contributed by atoms with Crippen molar-refractivity contribution in [3.63, 3.8) is 0 Å². The van der Waals surface area contributed by atoms with Crippen molar-refractivity contribution in [2.45, 2.75) is 38.8 Å².